The summed E-state index contributed by atoms with van der Waals surface area (Å²) in [5, 5.41) is 7.14. The zero-order valence-electron chi connectivity index (χ0n) is 18.5. The van der Waals surface area contributed by atoms with Gasteiger partial charge in [-0.2, -0.15) is 4.98 Å². The molecule has 2 aliphatic carbocycles. The van der Waals surface area contributed by atoms with Crippen molar-refractivity contribution in [2.24, 2.45) is 5.92 Å². The Balaban J connectivity index is 1.30. The lowest BCUT2D eigenvalue weighted by molar-refractivity contribution is 0.0943. The lowest BCUT2D eigenvalue weighted by atomic mass is 9.86. The van der Waals surface area contributed by atoms with E-state index in [0.717, 1.165) is 50.3 Å². The summed E-state index contributed by atoms with van der Waals surface area (Å²) < 4.78 is 0. The van der Waals surface area contributed by atoms with Gasteiger partial charge in [-0.05, 0) is 69.4 Å². The second-order valence-corrected chi connectivity index (χ2v) is 9.36. The SMILES string of the molecule is CN(C)c1nc(NC2CCC(CNC(=O)c3ccccc3Cl)CC2)nc2c1CCCC2. The minimum absolute atomic E-state index is 0.0930. The van der Waals surface area contributed by atoms with Crippen molar-refractivity contribution in [3.05, 3.63) is 46.1 Å². The van der Waals surface area contributed by atoms with E-state index >= 15 is 0 Å². The second-order valence-electron chi connectivity index (χ2n) is 8.95. The molecule has 1 fully saturated rings. The van der Waals surface area contributed by atoms with Gasteiger partial charge in [-0.15, -0.1) is 0 Å². The lowest BCUT2D eigenvalue weighted by Gasteiger charge is -2.30. The van der Waals surface area contributed by atoms with Gasteiger partial charge in [0.15, 0.2) is 0 Å². The van der Waals surface area contributed by atoms with Crippen LogP contribution in [0.4, 0.5) is 11.8 Å². The van der Waals surface area contributed by atoms with Crippen LogP contribution >= 0.6 is 11.6 Å². The van der Waals surface area contributed by atoms with Gasteiger partial charge in [0.05, 0.1) is 16.3 Å². The molecule has 2 aliphatic rings. The molecule has 1 heterocycles. The molecule has 2 aromatic rings. The maximum absolute atomic E-state index is 12.4. The van der Waals surface area contributed by atoms with Gasteiger partial charge in [0.25, 0.3) is 5.91 Å². The molecular weight excluding hydrogens is 410 g/mol. The summed E-state index contributed by atoms with van der Waals surface area (Å²) in [6.45, 7) is 0.691. The monoisotopic (exact) mass is 441 g/mol. The summed E-state index contributed by atoms with van der Waals surface area (Å²) >= 11 is 6.13. The lowest BCUT2D eigenvalue weighted by Crippen LogP contribution is -2.34. The number of rotatable bonds is 6. The Labute approximate surface area is 189 Å². The molecule has 31 heavy (non-hydrogen) atoms. The first kappa shape index (κ1) is 21.9. The van der Waals surface area contributed by atoms with Crippen molar-refractivity contribution >= 4 is 29.3 Å². The highest BCUT2D eigenvalue weighted by atomic mass is 35.5. The molecule has 0 radical (unpaired) electrons. The number of benzene rings is 1. The van der Waals surface area contributed by atoms with Gasteiger partial charge >= 0.3 is 0 Å². The largest absolute Gasteiger partial charge is 0.362 e. The van der Waals surface area contributed by atoms with E-state index in [1.165, 1.54) is 24.1 Å². The van der Waals surface area contributed by atoms with Gasteiger partial charge in [0, 0.05) is 32.2 Å². The average molecular weight is 442 g/mol. The van der Waals surface area contributed by atoms with E-state index in [-0.39, 0.29) is 5.91 Å². The highest BCUT2D eigenvalue weighted by Crippen LogP contribution is 2.30. The van der Waals surface area contributed by atoms with Crippen molar-refractivity contribution in [2.75, 3.05) is 30.9 Å². The highest BCUT2D eigenvalue weighted by molar-refractivity contribution is 6.33. The molecule has 0 spiro atoms. The molecule has 1 saturated carbocycles. The van der Waals surface area contributed by atoms with Crippen molar-refractivity contribution in [1.82, 2.24) is 15.3 Å². The molecule has 0 bridgehead atoms. The van der Waals surface area contributed by atoms with Crippen LogP contribution < -0.4 is 15.5 Å². The van der Waals surface area contributed by atoms with Gasteiger partial charge < -0.3 is 15.5 Å². The van der Waals surface area contributed by atoms with Crippen molar-refractivity contribution in [2.45, 2.75) is 57.4 Å². The molecular formula is C24H32ClN5O. The van der Waals surface area contributed by atoms with Crippen LogP contribution in [0.2, 0.25) is 5.02 Å². The van der Waals surface area contributed by atoms with E-state index in [0.29, 0.717) is 29.1 Å². The standard InChI is InChI=1S/C24H32ClN5O/c1-30(2)22-19-8-4-6-10-21(19)28-24(29-22)27-17-13-11-16(12-14-17)15-26-23(31)18-7-3-5-9-20(18)25/h3,5,7,9,16-17H,4,6,8,10-15H2,1-2H3,(H,26,31)(H,27,28,29). The fourth-order valence-corrected chi connectivity index (χ4v) is 4.90. The minimum atomic E-state index is -0.0930. The van der Waals surface area contributed by atoms with Crippen LogP contribution in [0.25, 0.3) is 0 Å². The van der Waals surface area contributed by atoms with Crippen LogP contribution in [-0.2, 0) is 12.8 Å². The number of nitrogens with zero attached hydrogens (tertiary/aromatic N) is 3. The number of fused-ring (bicyclic) bond motifs is 1. The molecule has 1 aromatic heterocycles. The topological polar surface area (TPSA) is 70.2 Å². The molecule has 166 valence electrons. The summed E-state index contributed by atoms with van der Waals surface area (Å²) in [6, 6.07) is 7.56. The summed E-state index contributed by atoms with van der Waals surface area (Å²) in [5.41, 5.74) is 3.07. The first-order chi connectivity index (χ1) is 15.0. The molecule has 1 amide bonds. The van der Waals surface area contributed by atoms with E-state index in [4.69, 9.17) is 21.6 Å². The summed E-state index contributed by atoms with van der Waals surface area (Å²) in [7, 11) is 4.12. The van der Waals surface area contributed by atoms with Gasteiger partial charge in [0.2, 0.25) is 5.95 Å². The maximum atomic E-state index is 12.4. The Hall–Kier alpha value is -2.34. The third kappa shape index (κ3) is 5.29. The average Bonchev–Trinajstić information content (AvgIpc) is 2.78. The number of carbonyl (C=O) groups is 1. The fraction of sp³-hybridized carbons (Fsp3) is 0.542. The Morgan fingerprint density at radius 1 is 1.10 bits per heavy atom. The molecule has 0 atom stereocenters. The molecule has 0 aliphatic heterocycles. The predicted molar refractivity (Wildman–Crippen MR) is 126 cm³/mol. The second kappa shape index (κ2) is 9.86. The van der Waals surface area contributed by atoms with Crippen molar-refractivity contribution in [1.29, 1.82) is 0 Å². The van der Waals surface area contributed by atoms with Crippen LogP contribution in [-0.4, -0.2) is 42.6 Å². The zero-order valence-corrected chi connectivity index (χ0v) is 19.2. The van der Waals surface area contributed by atoms with Crippen LogP contribution in [0.15, 0.2) is 24.3 Å². The van der Waals surface area contributed by atoms with Crippen LogP contribution in [0.5, 0.6) is 0 Å². The van der Waals surface area contributed by atoms with Crippen molar-refractivity contribution in [3.63, 3.8) is 0 Å². The zero-order chi connectivity index (χ0) is 21.8. The number of anilines is 2. The van der Waals surface area contributed by atoms with E-state index in [2.05, 4.69) is 29.6 Å². The number of amides is 1. The normalized spacial score (nSPS) is 20.6. The quantitative estimate of drug-likeness (QED) is 0.691. The molecule has 4 rings (SSSR count). The molecule has 2 N–H and O–H groups in total. The summed E-state index contributed by atoms with van der Waals surface area (Å²) in [4.78, 5) is 24.2. The third-order valence-corrected chi connectivity index (χ3v) is 6.76. The van der Waals surface area contributed by atoms with E-state index in [1.807, 2.05) is 12.1 Å². The first-order valence-corrected chi connectivity index (χ1v) is 11.8. The first-order valence-electron chi connectivity index (χ1n) is 11.4. The highest BCUT2D eigenvalue weighted by Gasteiger charge is 2.24. The van der Waals surface area contributed by atoms with E-state index < -0.39 is 0 Å². The van der Waals surface area contributed by atoms with E-state index in [1.54, 1.807) is 12.1 Å². The molecule has 0 saturated heterocycles. The van der Waals surface area contributed by atoms with Gasteiger partial charge in [-0.1, -0.05) is 23.7 Å². The number of carbonyl (C=O) groups excluding carboxylic acids is 1. The molecule has 1 aromatic carbocycles. The van der Waals surface area contributed by atoms with E-state index in [9.17, 15) is 4.79 Å². The Bertz CT molecular complexity index is 924. The number of halogens is 1. The maximum Gasteiger partial charge on any atom is 0.252 e. The summed E-state index contributed by atoms with van der Waals surface area (Å²) in [5.74, 6) is 2.22. The Morgan fingerprint density at radius 2 is 1.84 bits per heavy atom. The third-order valence-electron chi connectivity index (χ3n) is 6.43. The van der Waals surface area contributed by atoms with Crippen LogP contribution in [0, 0.1) is 5.92 Å². The van der Waals surface area contributed by atoms with Crippen LogP contribution in [0.1, 0.15) is 60.1 Å². The smallest absolute Gasteiger partial charge is 0.252 e. The van der Waals surface area contributed by atoms with Gasteiger partial charge in [-0.25, -0.2) is 4.98 Å². The van der Waals surface area contributed by atoms with Crippen molar-refractivity contribution < 1.29 is 4.79 Å². The fourth-order valence-electron chi connectivity index (χ4n) is 4.68. The van der Waals surface area contributed by atoms with Crippen LogP contribution in [0.3, 0.4) is 0 Å². The predicted octanol–water partition coefficient (Wildman–Crippen LogP) is 4.48. The van der Waals surface area contributed by atoms with Crippen molar-refractivity contribution in [3.8, 4) is 0 Å². The number of hydrogen-bond donors (Lipinski definition) is 2. The molecule has 7 heteroatoms. The van der Waals surface area contributed by atoms with Gasteiger partial charge in [-0.3, -0.25) is 4.79 Å². The van der Waals surface area contributed by atoms with Gasteiger partial charge in [0.1, 0.15) is 5.82 Å². The summed E-state index contributed by atoms with van der Waals surface area (Å²) in [6.07, 6.45) is 8.83. The Kier molecular flexibility index (Phi) is 6.96. The number of nitrogens with one attached hydrogen (secondary N) is 2. The minimum Gasteiger partial charge on any atom is -0.362 e. The number of aromatic nitrogens is 2. The number of aryl methyl sites for hydroxylation is 1. The molecule has 0 unspecified atom stereocenters. The molecule has 6 nitrogen and oxygen atoms in total. The number of hydrogen-bond acceptors (Lipinski definition) is 5. The Morgan fingerprint density at radius 3 is 2.58 bits per heavy atom.